The van der Waals surface area contributed by atoms with E-state index < -0.39 is 11.8 Å². The molecular weight excluding hydrogens is 211 g/mol. The summed E-state index contributed by atoms with van der Waals surface area (Å²) >= 11 is 0. The summed E-state index contributed by atoms with van der Waals surface area (Å²) in [5.74, 6) is -1.36. The van der Waals surface area contributed by atoms with Gasteiger partial charge in [-0.05, 0) is 23.6 Å². The van der Waals surface area contributed by atoms with E-state index in [9.17, 15) is 9.18 Å². The third-order valence-corrected chi connectivity index (χ3v) is 2.10. The minimum absolute atomic E-state index is 0.0806. The van der Waals surface area contributed by atoms with Crippen molar-refractivity contribution in [2.45, 2.75) is 12.8 Å². The van der Waals surface area contributed by atoms with E-state index in [0.717, 1.165) is 0 Å². The van der Waals surface area contributed by atoms with Crippen LogP contribution >= 0.6 is 0 Å². The van der Waals surface area contributed by atoms with Crippen molar-refractivity contribution in [1.29, 1.82) is 0 Å². The quantitative estimate of drug-likeness (QED) is 0.802. The van der Waals surface area contributed by atoms with E-state index in [1.165, 1.54) is 12.1 Å². The molecule has 4 heteroatoms. The van der Waals surface area contributed by atoms with E-state index in [1.54, 1.807) is 18.2 Å². The molecule has 0 atom stereocenters. The lowest BCUT2D eigenvalue weighted by Gasteiger charge is -2.02. The third kappa shape index (κ3) is 3.82. The largest absolute Gasteiger partial charge is 0.481 e. The number of rotatable bonds is 5. The third-order valence-electron chi connectivity index (χ3n) is 2.10. The molecule has 0 heterocycles. The molecule has 0 spiro atoms. The Balaban J connectivity index is 2.75. The summed E-state index contributed by atoms with van der Waals surface area (Å²) in [6, 6.07) is 4.57. The molecule has 0 aliphatic heterocycles. The Kier molecular flexibility index (Phi) is 4.66. The number of carboxylic acid groups (broad SMARTS) is 1. The molecule has 86 valence electrons. The molecule has 2 N–H and O–H groups in total. The first kappa shape index (κ1) is 12.4. The maximum absolute atomic E-state index is 13.4. The maximum Gasteiger partial charge on any atom is 0.303 e. The molecule has 0 aliphatic carbocycles. The fourth-order valence-electron chi connectivity index (χ4n) is 1.30. The number of aliphatic carboxylic acids is 1. The van der Waals surface area contributed by atoms with Gasteiger partial charge in [0, 0.05) is 6.42 Å². The topological polar surface area (TPSA) is 57.5 Å². The first-order chi connectivity index (χ1) is 7.63. The van der Waals surface area contributed by atoms with Crippen molar-refractivity contribution in [2.75, 3.05) is 6.61 Å². The van der Waals surface area contributed by atoms with Crippen molar-refractivity contribution >= 4 is 12.0 Å². The average molecular weight is 224 g/mol. The van der Waals surface area contributed by atoms with Crippen LogP contribution in [0.4, 0.5) is 4.39 Å². The number of benzene rings is 1. The Morgan fingerprint density at radius 3 is 2.75 bits per heavy atom. The van der Waals surface area contributed by atoms with Crippen LogP contribution in [0.5, 0.6) is 0 Å². The number of hydrogen-bond acceptors (Lipinski definition) is 2. The Labute approximate surface area is 92.8 Å². The van der Waals surface area contributed by atoms with Gasteiger partial charge in [-0.25, -0.2) is 4.39 Å². The van der Waals surface area contributed by atoms with Crippen LogP contribution in [0.1, 0.15) is 17.5 Å². The van der Waals surface area contributed by atoms with E-state index in [0.29, 0.717) is 11.1 Å². The van der Waals surface area contributed by atoms with Crippen LogP contribution in [-0.2, 0) is 11.2 Å². The van der Waals surface area contributed by atoms with E-state index in [-0.39, 0.29) is 19.4 Å². The van der Waals surface area contributed by atoms with Crippen molar-refractivity contribution in [3.05, 3.63) is 41.2 Å². The van der Waals surface area contributed by atoms with Gasteiger partial charge in [0.1, 0.15) is 5.82 Å². The van der Waals surface area contributed by atoms with Crippen molar-refractivity contribution in [2.24, 2.45) is 0 Å². The lowest BCUT2D eigenvalue weighted by Crippen LogP contribution is -1.99. The lowest BCUT2D eigenvalue weighted by atomic mass is 10.1. The van der Waals surface area contributed by atoms with Gasteiger partial charge < -0.3 is 10.2 Å². The average Bonchev–Trinajstić information content (AvgIpc) is 2.24. The molecule has 0 fully saturated rings. The summed E-state index contributed by atoms with van der Waals surface area (Å²) in [5, 5.41) is 17.0. The van der Waals surface area contributed by atoms with Gasteiger partial charge in [0.2, 0.25) is 0 Å². The van der Waals surface area contributed by atoms with Crippen LogP contribution < -0.4 is 0 Å². The number of aliphatic hydroxyl groups is 1. The molecule has 16 heavy (non-hydrogen) atoms. The summed E-state index contributed by atoms with van der Waals surface area (Å²) < 4.78 is 13.4. The number of carbonyl (C=O) groups is 1. The van der Waals surface area contributed by atoms with E-state index >= 15 is 0 Å². The zero-order valence-electron chi connectivity index (χ0n) is 8.69. The van der Waals surface area contributed by atoms with Crippen molar-refractivity contribution in [3.63, 3.8) is 0 Å². The van der Waals surface area contributed by atoms with Gasteiger partial charge in [0.15, 0.2) is 0 Å². The van der Waals surface area contributed by atoms with Crippen molar-refractivity contribution in [3.8, 4) is 0 Å². The monoisotopic (exact) mass is 224 g/mol. The fraction of sp³-hybridized carbons (Fsp3) is 0.250. The van der Waals surface area contributed by atoms with E-state index in [1.807, 2.05) is 0 Å². The predicted octanol–water partition coefficient (Wildman–Crippen LogP) is 1.85. The maximum atomic E-state index is 13.4. The summed E-state index contributed by atoms with van der Waals surface area (Å²) in [6.07, 6.45) is 3.21. The summed E-state index contributed by atoms with van der Waals surface area (Å²) in [7, 11) is 0. The molecule has 0 radical (unpaired) electrons. The van der Waals surface area contributed by atoms with E-state index in [4.69, 9.17) is 10.2 Å². The number of aliphatic hydroxyl groups excluding tert-OH is 1. The number of carboxylic acids is 1. The smallest absolute Gasteiger partial charge is 0.303 e. The summed E-state index contributed by atoms with van der Waals surface area (Å²) in [4.78, 5) is 10.3. The van der Waals surface area contributed by atoms with Gasteiger partial charge in [-0.3, -0.25) is 4.79 Å². The number of halogens is 1. The Morgan fingerprint density at radius 2 is 2.19 bits per heavy atom. The second kappa shape index (κ2) is 6.02. The summed E-state index contributed by atoms with van der Waals surface area (Å²) in [6.45, 7) is -0.0949. The van der Waals surface area contributed by atoms with Crippen LogP contribution in [0.3, 0.4) is 0 Å². The second-order valence-electron chi connectivity index (χ2n) is 3.33. The van der Waals surface area contributed by atoms with Crippen LogP contribution in [0.15, 0.2) is 24.3 Å². The molecule has 0 aromatic heterocycles. The molecule has 1 aromatic carbocycles. The van der Waals surface area contributed by atoms with Crippen LogP contribution in [0.25, 0.3) is 6.08 Å². The van der Waals surface area contributed by atoms with E-state index in [2.05, 4.69) is 0 Å². The number of hydrogen-bond donors (Lipinski definition) is 2. The highest BCUT2D eigenvalue weighted by molar-refractivity contribution is 5.67. The van der Waals surface area contributed by atoms with Crippen molar-refractivity contribution < 1.29 is 19.4 Å². The Morgan fingerprint density at radius 1 is 1.44 bits per heavy atom. The molecule has 0 aliphatic rings. The van der Waals surface area contributed by atoms with Crippen LogP contribution in [0, 0.1) is 5.82 Å². The highest BCUT2D eigenvalue weighted by atomic mass is 19.1. The zero-order valence-corrected chi connectivity index (χ0v) is 8.69. The van der Waals surface area contributed by atoms with Gasteiger partial charge >= 0.3 is 5.97 Å². The Bertz CT molecular complexity index is 399. The molecule has 0 amide bonds. The molecule has 0 saturated carbocycles. The molecule has 3 nitrogen and oxygen atoms in total. The lowest BCUT2D eigenvalue weighted by molar-refractivity contribution is -0.136. The Hall–Kier alpha value is -1.68. The molecule has 0 saturated heterocycles. The fourth-order valence-corrected chi connectivity index (χ4v) is 1.30. The van der Waals surface area contributed by atoms with Gasteiger partial charge in [-0.2, -0.15) is 0 Å². The van der Waals surface area contributed by atoms with Gasteiger partial charge in [0.05, 0.1) is 6.61 Å². The zero-order chi connectivity index (χ0) is 12.0. The molecule has 1 aromatic rings. The molecule has 0 unspecified atom stereocenters. The van der Waals surface area contributed by atoms with Crippen LogP contribution in [0.2, 0.25) is 0 Å². The predicted molar refractivity (Wildman–Crippen MR) is 58.5 cm³/mol. The van der Waals surface area contributed by atoms with Gasteiger partial charge in [-0.1, -0.05) is 24.3 Å². The molecule has 0 bridgehead atoms. The molecule has 1 rings (SSSR count). The first-order valence-corrected chi connectivity index (χ1v) is 4.91. The minimum Gasteiger partial charge on any atom is -0.481 e. The highest BCUT2D eigenvalue weighted by Gasteiger charge is 2.05. The van der Waals surface area contributed by atoms with Crippen LogP contribution in [-0.4, -0.2) is 22.8 Å². The standard InChI is InChI=1S/C12H13FO3/c13-11-8-9(2-1-7-14)3-4-10(11)5-6-12(15)16/h1-4,8,14H,5-7H2,(H,15,16). The highest BCUT2D eigenvalue weighted by Crippen LogP contribution is 2.13. The first-order valence-electron chi connectivity index (χ1n) is 4.91. The summed E-state index contributed by atoms with van der Waals surface area (Å²) in [5.41, 5.74) is 1.04. The van der Waals surface area contributed by atoms with Gasteiger partial charge in [-0.15, -0.1) is 0 Å². The SMILES string of the molecule is O=C(O)CCc1ccc(C=CCO)cc1F. The number of aryl methyl sites for hydroxylation is 1. The molecular formula is C12H13FO3. The second-order valence-corrected chi connectivity index (χ2v) is 3.33. The van der Waals surface area contributed by atoms with Gasteiger partial charge in [0.25, 0.3) is 0 Å². The minimum atomic E-state index is -0.941. The normalized spacial score (nSPS) is 10.9. The van der Waals surface area contributed by atoms with Crippen molar-refractivity contribution in [1.82, 2.24) is 0 Å².